The van der Waals surface area contributed by atoms with Crippen molar-refractivity contribution in [1.82, 2.24) is 19.5 Å². The summed E-state index contributed by atoms with van der Waals surface area (Å²) in [6.45, 7) is 0. The van der Waals surface area contributed by atoms with Crippen LogP contribution in [-0.2, 0) is 0 Å². The molecule has 152 valence electrons. The molecule has 4 nitrogen and oxygen atoms in total. The number of rotatable bonds is 3. The molecule has 0 atom stereocenters. The van der Waals surface area contributed by atoms with E-state index in [1.807, 2.05) is 66.7 Å². The van der Waals surface area contributed by atoms with Gasteiger partial charge in [-0.2, -0.15) is 9.97 Å². The van der Waals surface area contributed by atoms with Gasteiger partial charge in [-0.15, -0.1) is 0 Å². The van der Waals surface area contributed by atoms with E-state index in [1.165, 1.54) is 0 Å². The zero-order chi connectivity index (χ0) is 21.5. The molecular formula is C27H17ClN4. The van der Waals surface area contributed by atoms with Crippen LogP contribution in [0.15, 0.2) is 103 Å². The highest BCUT2D eigenvalue weighted by molar-refractivity contribution is 6.30. The second-order valence-corrected chi connectivity index (χ2v) is 7.96. The summed E-state index contributed by atoms with van der Waals surface area (Å²) in [5.41, 5.74) is 3.94. The summed E-state index contributed by atoms with van der Waals surface area (Å²) in [5.74, 6) is 1.82. The lowest BCUT2D eigenvalue weighted by Crippen LogP contribution is -2.06. The Hall–Kier alpha value is -4.02. The molecule has 0 aliphatic rings. The van der Waals surface area contributed by atoms with Crippen molar-refractivity contribution in [2.24, 2.45) is 0 Å². The Bertz CT molecular complexity index is 1520. The van der Waals surface area contributed by atoms with Crippen LogP contribution in [0.4, 0.5) is 0 Å². The fourth-order valence-corrected chi connectivity index (χ4v) is 4.17. The summed E-state index contributed by atoms with van der Waals surface area (Å²) >= 11 is 6.11. The van der Waals surface area contributed by atoms with Gasteiger partial charge in [-0.1, -0.05) is 78.3 Å². The molecule has 0 bridgehead atoms. The Balaban J connectivity index is 1.68. The molecule has 0 amide bonds. The van der Waals surface area contributed by atoms with Crippen molar-refractivity contribution in [2.45, 2.75) is 0 Å². The van der Waals surface area contributed by atoms with Crippen LogP contribution in [-0.4, -0.2) is 19.5 Å². The molecule has 0 N–H and O–H groups in total. The number of para-hydroxylation sites is 2. The largest absolute Gasteiger partial charge is 0.278 e. The topological polar surface area (TPSA) is 43.6 Å². The Morgan fingerprint density at radius 1 is 0.500 bits per heavy atom. The Labute approximate surface area is 189 Å². The van der Waals surface area contributed by atoms with Crippen LogP contribution in [0.25, 0.3) is 50.5 Å². The Morgan fingerprint density at radius 3 is 1.59 bits per heavy atom. The molecule has 0 aliphatic heterocycles. The molecular weight excluding hydrogens is 416 g/mol. The van der Waals surface area contributed by atoms with Crippen molar-refractivity contribution in [3.63, 3.8) is 0 Å². The molecule has 0 fully saturated rings. The minimum absolute atomic E-state index is 0.584. The van der Waals surface area contributed by atoms with Gasteiger partial charge in [0.25, 0.3) is 0 Å². The van der Waals surface area contributed by atoms with Gasteiger partial charge < -0.3 is 0 Å². The first-order chi connectivity index (χ1) is 15.8. The van der Waals surface area contributed by atoms with E-state index in [4.69, 9.17) is 26.6 Å². The number of hydrogen-bond donors (Lipinski definition) is 0. The van der Waals surface area contributed by atoms with E-state index in [-0.39, 0.29) is 0 Å². The second kappa shape index (κ2) is 7.59. The van der Waals surface area contributed by atoms with Gasteiger partial charge in [0.1, 0.15) is 0 Å². The van der Waals surface area contributed by atoms with E-state index in [2.05, 4.69) is 41.0 Å². The summed E-state index contributed by atoms with van der Waals surface area (Å²) < 4.78 is 2.11. The standard InChI is InChI=1S/C27H17ClN4/c28-20-16-14-19(15-17-20)26-29-25(18-8-2-1-3-9-18)30-27(31-26)32-23-12-6-4-10-21(23)22-11-5-7-13-24(22)32/h1-17H. The monoisotopic (exact) mass is 432 g/mol. The van der Waals surface area contributed by atoms with Crippen molar-refractivity contribution < 1.29 is 0 Å². The predicted molar refractivity (Wildman–Crippen MR) is 130 cm³/mol. The van der Waals surface area contributed by atoms with Crippen LogP contribution in [0, 0.1) is 0 Å². The van der Waals surface area contributed by atoms with Gasteiger partial charge in [-0.3, -0.25) is 4.57 Å². The summed E-state index contributed by atoms with van der Waals surface area (Å²) in [7, 11) is 0. The molecule has 0 saturated heterocycles. The van der Waals surface area contributed by atoms with E-state index in [9.17, 15) is 0 Å². The van der Waals surface area contributed by atoms with Crippen LogP contribution in [0.3, 0.4) is 0 Å². The van der Waals surface area contributed by atoms with Gasteiger partial charge in [-0.05, 0) is 36.4 Å². The zero-order valence-electron chi connectivity index (χ0n) is 17.0. The molecule has 6 rings (SSSR count). The third kappa shape index (κ3) is 3.13. The summed E-state index contributed by atoms with van der Waals surface area (Å²) in [6.07, 6.45) is 0. The molecule has 0 aliphatic carbocycles. The Morgan fingerprint density at radius 2 is 1.00 bits per heavy atom. The third-order valence-corrected chi connectivity index (χ3v) is 5.79. The molecule has 0 saturated carbocycles. The summed E-state index contributed by atoms with van der Waals surface area (Å²) in [4.78, 5) is 14.6. The first kappa shape index (κ1) is 18.7. The molecule has 0 unspecified atom stereocenters. The fourth-order valence-electron chi connectivity index (χ4n) is 4.05. The average molecular weight is 433 g/mol. The number of aromatic nitrogens is 4. The van der Waals surface area contributed by atoms with E-state index < -0.39 is 0 Å². The van der Waals surface area contributed by atoms with Crippen LogP contribution >= 0.6 is 11.6 Å². The van der Waals surface area contributed by atoms with Gasteiger partial charge in [0.2, 0.25) is 5.95 Å². The predicted octanol–water partition coefficient (Wildman–Crippen LogP) is 6.96. The molecule has 6 aromatic rings. The van der Waals surface area contributed by atoms with Crippen molar-refractivity contribution in [3.05, 3.63) is 108 Å². The smallest absolute Gasteiger partial charge is 0.238 e. The van der Waals surface area contributed by atoms with E-state index in [0.29, 0.717) is 22.6 Å². The highest BCUT2D eigenvalue weighted by Gasteiger charge is 2.17. The van der Waals surface area contributed by atoms with Crippen LogP contribution in [0.5, 0.6) is 0 Å². The zero-order valence-corrected chi connectivity index (χ0v) is 17.7. The van der Waals surface area contributed by atoms with Gasteiger partial charge >= 0.3 is 0 Å². The first-order valence-electron chi connectivity index (χ1n) is 10.3. The highest BCUT2D eigenvalue weighted by Crippen LogP contribution is 2.32. The summed E-state index contributed by atoms with van der Waals surface area (Å²) in [5, 5.41) is 3.00. The maximum Gasteiger partial charge on any atom is 0.238 e. The number of nitrogens with zero attached hydrogens (tertiary/aromatic N) is 4. The van der Waals surface area contributed by atoms with Crippen LogP contribution in [0.2, 0.25) is 5.02 Å². The van der Waals surface area contributed by atoms with Gasteiger partial charge in [0.15, 0.2) is 11.6 Å². The minimum atomic E-state index is 0.584. The molecule has 2 heterocycles. The number of halogens is 1. The van der Waals surface area contributed by atoms with E-state index >= 15 is 0 Å². The van der Waals surface area contributed by atoms with Crippen molar-refractivity contribution in [3.8, 4) is 28.7 Å². The third-order valence-electron chi connectivity index (χ3n) is 5.54. The first-order valence-corrected chi connectivity index (χ1v) is 10.7. The number of fused-ring (bicyclic) bond motifs is 3. The lowest BCUT2D eigenvalue weighted by molar-refractivity contribution is 0.953. The molecule has 4 aromatic carbocycles. The fraction of sp³-hybridized carbons (Fsp3) is 0. The van der Waals surface area contributed by atoms with Gasteiger partial charge in [0, 0.05) is 26.9 Å². The average Bonchev–Trinajstić information content (AvgIpc) is 3.19. The number of benzene rings is 4. The van der Waals surface area contributed by atoms with Gasteiger partial charge in [0.05, 0.1) is 11.0 Å². The lowest BCUT2D eigenvalue weighted by atomic mass is 10.2. The maximum absolute atomic E-state index is 6.11. The molecule has 32 heavy (non-hydrogen) atoms. The Kier molecular flexibility index (Phi) is 4.44. The van der Waals surface area contributed by atoms with Crippen molar-refractivity contribution in [2.75, 3.05) is 0 Å². The van der Waals surface area contributed by atoms with Gasteiger partial charge in [-0.25, -0.2) is 4.98 Å². The maximum atomic E-state index is 6.11. The number of hydrogen-bond acceptors (Lipinski definition) is 3. The molecule has 5 heteroatoms. The summed E-state index contributed by atoms with van der Waals surface area (Å²) in [6, 6.07) is 34.2. The molecule has 2 aromatic heterocycles. The van der Waals surface area contributed by atoms with E-state index in [1.54, 1.807) is 0 Å². The van der Waals surface area contributed by atoms with Crippen LogP contribution in [0.1, 0.15) is 0 Å². The van der Waals surface area contributed by atoms with Crippen LogP contribution < -0.4 is 0 Å². The molecule has 0 radical (unpaired) electrons. The van der Waals surface area contributed by atoms with Crippen molar-refractivity contribution >= 4 is 33.4 Å². The highest BCUT2D eigenvalue weighted by atomic mass is 35.5. The minimum Gasteiger partial charge on any atom is -0.278 e. The lowest BCUT2D eigenvalue weighted by Gasteiger charge is -2.10. The quantitative estimate of drug-likeness (QED) is 0.303. The molecule has 0 spiro atoms. The second-order valence-electron chi connectivity index (χ2n) is 7.53. The van der Waals surface area contributed by atoms with Crippen molar-refractivity contribution in [1.29, 1.82) is 0 Å². The van der Waals surface area contributed by atoms with E-state index in [0.717, 1.165) is 32.9 Å². The normalized spacial score (nSPS) is 11.3. The SMILES string of the molecule is Clc1ccc(-c2nc(-c3ccccc3)nc(-n3c4ccccc4c4ccccc43)n2)cc1.